The van der Waals surface area contributed by atoms with Gasteiger partial charge in [0.05, 0.1) is 42.7 Å². The van der Waals surface area contributed by atoms with Crippen LogP contribution in [0.5, 0.6) is 34.5 Å². The lowest BCUT2D eigenvalue weighted by molar-refractivity contribution is -0.116. The van der Waals surface area contributed by atoms with Gasteiger partial charge in [0.25, 0.3) is 0 Å². The lowest BCUT2D eigenvalue weighted by atomic mass is 10.1. The molecule has 8 heteroatoms. The van der Waals surface area contributed by atoms with Crippen molar-refractivity contribution in [2.24, 2.45) is 0 Å². The first-order chi connectivity index (χ1) is 15.5. The molecule has 1 N–H and O–H groups in total. The summed E-state index contributed by atoms with van der Waals surface area (Å²) in [7, 11) is 9.32. The zero-order valence-corrected chi connectivity index (χ0v) is 19.2. The Labute approximate surface area is 188 Å². The van der Waals surface area contributed by atoms with E-state index in [1.54, 1.807) is 51.7 Å². The van der Waals surface area contributed by atoms with Crippen molar-refractivity contribution >= 4 is 18.1 Å². The van der Waals surface area contributed by atoms with Crippen LogP contribution in [-0.2, 0) is 4.79 Å². The number of benzene rings is 2. The van der Waals surface area contributed by atoms with Gasteiger partial charge in [0.1, 0.15) is 5.75 Å². The van der Waals surface area contributed by atoms with Crippen LogP contribution in [0, 0.1) is 0 Å². The van der Waals surface area contributed by atoms with Gasteiger partial charge in [-0.2, -0.15) is 0 Å². The van der Waals surface area contributed by atoms with Crippen LogP contribution in [-0.4, -0.2) is 55.1 Å². The highest BCUT2D eigenvalue weighted by molar-refractivity contribution is 5.92. The first kappa shape index (κ1) is 24.5. The van der Waals surface area contributed by atoms with Crippen molar-refractivity contribution in [1.82, 2.24) is 5.32 Å². The summed E-state index contributed by atoms with van der Waals surface area (Å²) in [5, 5.41) is 2.80. The molecule has 0 unspecified atom stereocenters. The molecule has 0 spiro atoms. The molecule has 0 saturated carbocycles. The summed E-state index contributed by atoms with van der Waals surface area (Å²) in [6.07, 6.45) is 6.76. The normalized spacial score (nSPS) is 10.8. The van der Waals surface area contributed by atoms with E-state index >= 15 is 0 Å². The van der Waals surface area contributed by atoms with Gasteiger partial charge in [-0.1, -0.05) is 12.2 Å². The Morgan fingerprint density at radius 2 is 1.28 bits per heavy atom. The minimum Gasteiger partial charge on any atom is -0.496 e. The van der Waals surface area contributed by atoms with Crippen molar-refractivity contribution in [1.29, 1.82) is 0 Å². The van der Waals surface area contributed by atoms with Crippen LogP contribution in [0.3, 0.4) is 0 Å². The lowest BCUT2D eigenvalue weighted by Gasteiger charge is -2.12. The van der Waals surface area contributed by atoms with Crippen LogP contribution in [0.4, 0.5) is 0 Å². The molecule has 0 aliphatic rings. The van der Waals surface area contributed by atoms with Gasteiger partial charge < -0.3 is 33.7 Å². The molecule has 0 aliphatic heterocycles. The van der Waals surface area contributed by atoms with E-state index in [2.05, 4.69) is 5.32 Å². The number of carbonyl (C=O) groups excluding carboxylic acids is 1. The molecule has 0 bridgehead atoms. The molecule has 2 aromatic rings. The summed E-state index contributed by atoms with van der Waals surface area (Å²) in [6, 6.07) is 7.07. The predicted molar refractivity (Wildman–Crippen MR) is 123 cm³/mol. The van der Waals surface area contributed by atoms with Crippen molar-refractivity contribution in [2.45, 2.75) is 0 Å². The number of carbonyl (C=O) groups is 1. The van der Waals surface area contributed by atoms with E-state index in [0.717, 1.165) is 11.1 Å². The van der Waals surface area contributed by atoms with Crippen molar-refractivity contribution in [2.75, 3.05) is 49.2 Å². The molecule has 32 heavy (non-hydrogen) atoms. The maximum atomic E-state index is 12.2. The van der Waals surface area contributed by atoms with Crippen molar-refractivity contribution in [3.05, 3.63) is 47.5 Å². The molecule has 0 aliphatic carbocycles. The van der Waals surface area contributed by atoms with Crippen LogP contribution < -0.4 is 33.7 Å². The Bertz CT molecular complexity index is 958. The molecule has 0 heterocycles. The SMILES string of the molecule is COc1cc(OC)c(OC)cc1/C=C/CNC(=O)/C=C/c1cc(OC)c(OC)c(OC)c1. The zero-order chi connectivity index (χ0) is 23.5. The molecule has 2 aromatic carbocycles. The molecule has 8 nitrogen and oxygen atoms in total. The first-order valence-electron chi connectivity index (χ1n) is 9.73. The molecule has 0 atom stereocenters. The van der Waals surface area contributed by atoms with Crippen molar-refractivity contribution < 1.29 is 33.2 Å². The fraction of sp³-hybridized carbons (Fsp3) is 0.292. The Balaban J connectivity index is 2.04. The second-order valence-corrected chi connectivity index (χ2v) is 6.39. The van der Waals surface area contributed by atoms with Gasteiger partial charge >= 0.3 is 0 Å². The predicted octanol–water partition coefficient (Wildman–Crippen LogP) is 3.58. The molecule has 172 valence electrons. The summed E-state index contributed by atoms with van der Waals surface area (Å²) in [5.41, 5.74) is 1.53. The van der Waals surface area contributed by atoms with Gasteiger partial charge in [-0.3, -0.25) is 4.79 Å². The third-order valence-electron chi connectivity index (χ3n) is 4.54. The average molecular weight is 443 g/mol. The second-order valence-electron chi connectivity index (χ2n) is 6.39. The Morgan fingerprint density at radius 1 is 0.719 bits per heavy atom. The fourth-order valence-corrected chi connectivity index (χ4v) is 2.96. The van der Waals surface area contributed by atoms with Crippen LogP contribution in [0.15, 0.2) is 36.4 Å². The molecule has 0 fully saturated rings. The maximum absolute atomic E-state index is 12.2. The van der Waals surface area contributed by atoms with Gasteiger partial charge in [0.2, 0.25) is 11.7 Å². The second kappa shape index (κ2) is 12.1. The van der Waals surface area contributed by atoms with Crippen LogP contribution >= 0.6 is 0 Å². The van der Waals surface area contributed by atoms with E-state index in [0.29, 0.717) is 41.0 Å². The third kappa shape index (κ3) is 6.10. The standard InChI is InChI=1S/C24H29NO7/c1-27-18-15-20(29-3)19(28-2)14-17(18)8-7-11-25-23(26)10-9-16-12-21(30-4)24(32-6)22(13-16)31-5/h7-10,12-15H,11H2,1-6H3,(H,25,26)/b8-7+,10-9+. The first-order valence-corrected chi connectivity index (χ1v) is 9.73. The van der Waals surface area contributed by atoms with E-state index < -0.39 is 0 Å². The van der Waals surface area contributed by atoms with E-state index in [1.165, 1.54) is 27.4 Å². The number of hydrogen-bond acceptors (Lipinski definition) is 7. The molecule has 0 saturated heterocycles. The fourth-order valence-electron chi connectivity index (χ4n) is 2.96. The smallest absolute Gasteiger partial charge is 0.244 e. The summed E-state index contributed by atoms with van der Waals surface area (Å²) in [5.74, 6) is 3.07. The number of amides is 1. The van der Waals surface area contributed by atoms with E-state index in [-0.39, 0.29) is 5.91 Å². The average Bonchev–Trinajstić information content (AvgIpc) is 2.83. The van der Waals surface area contributed by atoms with Crippen LogP contribution in [0.2, 0.25) is 0 Å². The maximum Gasteiger partial charge on any atom is 0.244 e. The molecular weight excluding hydrogens is 414 g/mol. The summed E-state index contributed by atoms with van der Waals surface area (Å²) < 4.78 is 31.9. The monoisotopic (exact) mass is 443 g/mol. The highest BCUT2D eigenvalue weighted by Gasteiger charge is 2.12. The Hall–Kier alpha value is -3.81. The number of nitrogens with one attached hydrogen (secondary N) is 1. The van der Waals surface area contributed by atoms with Crippen molar-refractivity contribution in [3.63, 3.8) is 0 Å². The van der Waals surface area contributed by atoms with Gasteiger partial charge in [0, 0.05) is 24.3 Å². The molecular formula is C24H29NO7. The molecule has 2 rings (SSSR count). The largest absolute Gasteiger partial charge is 0.496 e. The summed E-state index contributed by atoms with van der Waals surface area (Å²) in [4.78, 5) is 12.2. The Morgan fingerprint density at radius 3 is 1.81 bits per heavy atom. The number of ether oxygens (including phenoxy) is 6. The minimum absolute atomic E-state index is 0.248. The highest BCUT2D eigenvalue weighted by atomic mass is 16.5. The van der Waals surface area contributed by atoms with Gasteiger partial charge in [0.15, 0.2) is 23.0 Å². The Kier molecular flexibility index (Phi) is 9.28. The number of hydrogen-bond donors (Lipinski definition) is 1. The summed E-state index contributed by atoms with van der Waals surface area (Å²) >= 11 is 0. The minimum atomic E-state index is -0.248. The molecule has 1 amide bonds. The van der Waals surface area contributed by atoms with Gasteiger partial charge in [-0.25, -0.2) is 0 Å². The van der Waals surface area contributed by atoms with E-state index in [9.17, 15) is 4.79 Å². The van der Waals surface area contributed by atoms with Gasteiger partial charge in [-0.15, -0.1) is 0 Å². The van der Waals surface area contributed by atoms with Crippen LogP contribution in [0.1, 0.15) is 11.1 Å². The quantitative estimate of drug-likeness (QED) is 0.532. The number of rotatable bonds is 11. The zero-order valence-electron chi connectivity index (χ0n) is 19.2. The highest BCUT2D eigenvalue weighted by Crippen LogP contribution is 2.38. The van der Waals surface area contributed by atoms with E-state index in [4.69, 9.17) is 28.4 Å². The summed E-state index contributed by atoms with van der Waals surface area (Å²) in [6.45, 7) is 0.329. The molecule has 0 radical (unpaired) electrons. The van der Waals surface area contributed by atoms with E-state index in [1.807, 2.05) is 12.2 Å². The van der Waals surface area contributed by atoms with Crippen LogP contribution in [0.25, 0.3) is 12.2 Å². The third-order valence-corrected chi connectivity index (χ3v) is 4.54. The lowest BCUT2D eigenvalue weighted by Crippen LogP contribution is -2.20. The van der Waals surface area contributed by atoms with Crippen molar-refractivity contribution in [3.8, 4) is 34.5 Å². The molecule has 0 aromatic heterocycles. The topological polar surface area (TPSA) is 84.5 Å². The number of methoxy groups -OCH3 is 6. The van der Waals surface area contributed by atoms with Gasteiger partial charge in [-0.05, 0) is 29.8 Å².